The first kappa shape index (κ1) is 27.4. The number of fused-ring (bicyclic) bond motifs is 3. The quantitative estimate of drug-likeness (QED) is 0.155. The molecule has 0 aliphatic heterocycles. The summed E-state index contributed by atoms with van der Waals surface area (Å²) in [5.41, 5.74) is 6.37. The first-order chi connectivity index (χ1) is 19.5. The molecule has 0 aromatic heterocycles. The van der Waals surface area contributed by atoms with Crippen molar-refractivity contribution in [3.05, 3.63) is 131 Å². The van der Waals surface area contributed by atoms with Crippen molar-refractivity contribution < 1.29 is 19.1 Å². The Morgan fingerprint density at radius 1 is 0.825 bits per heavy atom. The van der Waals surface area contributed by atoms with E-state index in [1.54, 1.807) is 0 Å². The van der Waals surface area contributed by atoms with Gasteiger partial charge in [0.15, 0.2) is 0 Å². The van der Waals surface area contributed by atoms with Gasteiger partial charge in [-0.2, -0.15) is 0 Å². The second-order valence-electron chi connectivity index (χ2n) is 9.51. The average Bonchev–Trinajstić information content (AvgIpc) is 3.32. The fraction of sp³-hybridized carbons (Fsp3) is 0.182. The predicted octanol–water partition coefficient (Wildman–Crippen LogP) is 5.62. The zero-order chi connectivity index (χ0) is 27.9. The minimum atomic E-state index is -0.779. The van der Waals surface area contributed by atoms with Gasteiger partial charge in [0.25, 0.3) is 0 Å². The van der Waals surface area contributed by atoms with Crippen molar-refractivity contribution in [3.8, 4) is 11.1 Å². The van der Waals surface area contributed by atoms with Crippen LogP contribution in [0, 0.1) is 0 Å². The number of carbonyl (C=O) groups is 2. The Bertz CT molecular complexity index is 1460. The molecule has 0 heterocycles. The van der Waals surface area contributed by atoms with E-state index in [0.29, 0.717) is 11.0 Å². The molecule has 0 spiro atoms. The van der Waals surface area contributed by atoms with Gasteiger partial charge >= 0.3 is 243 Å². The number of ether oxygens (including phenoxy) is 2. The number of nitrogens with one attached hydrogen (secondary N) is 1. The summed E-state index contributed by atoms with van der Waals surface area (Å²) >= 11 is 2.97. The van der Waals surface area contributed by atoms with Gasteiger partial charge in [-0.1, -0.05) is 0 Å². The molecule has 1 radical (unpaired) electrons. The summed E-state index contributed by atoms with van der Waals surface area (Å²) in [6.45, 7) is 0.195. The Morgan fingerprint density at radius 2 is 1.38 bits per heavy atom. The molecule has 7 heteroatoms. The van der Waals surface area contributed by atoms with Crippen molar-refractivity contribution in [2.75, 3.05) is 13.7 Å². The molecule has 6 nitrogen and oxygen atoms in total. The zero-order valence-electron chi connectivity index (χ0n) is 22.0. The van der Waals surface area contributed by atoms with Gasteiger partial charge in [-0.3, -0.25) is 0 Å². The van der Waals surface area contributed by atoms with Gasteiger partial charge < -0.3 is 0 Å². The number of hydrogen-bond donors (Lipinski definition) is 1. The van der Waals surface area contributed by atoms with Crippen LogP contribution in [-0.2, 0) is 20.7 Å². The monoisotopic (exact) mass is 597 g/mol. The van der Waals surface area contributed by atoms with E-state index in [4.69, 9.17) is 9.47 Å². The maximum atomic E-state index is 13.2. The molecular weight excluding hydrogens is 567 g/mol. The molecule has 201 valence electrons. The number of nitrogens with zero attached hydrogens (tertiary/aromatic N) is 1. The summed E-state index contributed by atoms with van der Waals surface area (Å²) in [6.07, 6.45) is -0.207. The Kier molecular flexibility index (Phi) is 8.74. The van der Waals surface area contributed by atoms with Crippen LogP contribution < -0.4 is 5.32 Å². The van der Waals surface area contributed by atoms with Crippen LogP contribution in [0.5, 0.6) is 0 Å². The molecule has 1 N–H and O–H groups in total. The molecule has 0 unspecified atom stereocenters. The van der Waals surface area contributed by atoms with Gasteiger partial charge in [0.05, 0.1) is 0 Å². The van der Waals surface area contributed by atoms with Gasteiger partial charge in [0, 0.05) is 0 Å². The SMILES string of the molecule is COC(=O)[C@H](Cc1ccccc1)N=C([Se])[C@@H](NC(=O)OCC1c2ccccc2-c2ccccc21)c1ccccc1. The van der Waals surface area contributed by atoms with Crippen molar-refractivity contribution >= 4 is 32.7 Å². The number of hydrogen-bond acceptors (Lipinski definition) is 5. The van der Waals surface area contributed by atoms with Crippen LogP contribution in [-0.4, -0.2) is 52.4 Å². The van der Waals surface area contributed by atoms with E-state index < -0.39 is 24.1 Å². The summed E-state index contributed by atoms with van der Waals surface area (Å²) < 4.78 is 11.3. The summed E-state index contributed by atoms with van der Waals surface area (Å²) in [6, 6.07) is 34.1. The summed E-state index contributed by atoms with van der Waals surface area (Å²) in [5, 5.41) is 2.96. The van der Waals surface area contributed by atoms with Gasteiger partial charge in [-0.25, -0.2) is 0 Å². The molecule has 4 aromatic carbocycles. The molecule has 1 aliphatic carbocycles. The number of alkyl carbamates (subject to hydrolysis) is 1. The Labute approximate surface area is 242 Å². The van der Waals surface area contributed by atoms with Crippen LogP contribution in [0.2, 0.25) is 0 Å². The number of benzene rings is 4. The van der Waals surface area contributed by atoms with Crippen LogP contribution >= 0.6 is 0 Å². The van der Waals surface area contributed by atoms with Crippen molar-refractivity contribution in [3.63, 3.8) is 0 Å². The number of carbonyl (C=O) groups excluding carboxylic acids is 2. The fourth-order valence-electron chi connectivity index (χ4n) is 5.07. The Balaban J connectivity index is 1.35. The Hall–Kier alpha value is -4.19. The zero-order valence-corrected chi connectivity index (χ0v) is 23.7. The third kappa shape index (κ3) is 6.17. The van der Waals surface area contributed by atoms with Crippen LogP contribution in [0.3, 0.4) is 0 Å². The standard InChI is InChI=1S/C33H29N2O4Se/c1-38-32(36)29(20-22-12-4-2-5-13-22)34-31(40)30(23-14-6-3-7-15-23)35-33(37)39-21-28-26-18-10-8-16-24(26)25-17-9-11-19-27(25)28/h2-19,28-30H,20-21H2,1H3,(H,35,37)/t29-,30-/m0/s1. The van der Waals surface area contributed by atoms with Gasteiger partial charge in [-0.05, 0) is 0 Å². The van der Waals surface area contributed by atoms with Crippen LogP contribution in [0.1, 0.15) is 34.2 Å². The Morgan fingerprint density at radius 3 is 1.98 bits per heavy atom. The van der Waals surface area contributed by atoms with E-state index in [1.807, 2.05) is 84.9 Å². The van der Waals surface area contributed by atoms with E-state index in [1.165, 1.54) is 18.2 Å². The average molecular weight is 597 g/mol. The molecular formula is C33H29N2O4Se. The fourth-order valence-corrected chi connectivity index (χ4v) is 5.75. The molecule has 0 bridgehead atoms. The van der Waals surface area contributed by atoms with Gasteiger partial charge in [0.1, 0.15) is 0 Å². The van der Waals surface area contributed by atoms with Crippen molar-refractivity contribution in [1.29, 1.82) is 0 Å². The van der Waals surface area contributed by atoms with Crippen molar-refractivity contribution in [1.82, 2.24) is 5.32 Å². The van der Waals surface area contributed by atoms with Crippen LogP contribution in [0.25, 0.3) is 11.1 Å². The number of methoxy groups -OCH3 is 1. The first-order valence-corrected chi connectivity index (χ1v) is 13.9. The van der Waals surface area contributed by atoms with E-state index in [9.17, 15) is 9.59 Å². The summed E-state index contributed by atoms with van der Waals surface area (Å²) in [7, 11) is 1.35. The molecule has 0 saturated carbocycles. The van der Waals surface area contributed by atoms with E-state index in [-0.39, 0.29) is 12.5 Å². The number of amides is 1. The van der Waals surface area contributed by atoms with E-state index in [2.05, 4.69) is 50.6 Å². The summed E-state index contributed by atoms with van der Waals surface area (Å²) in [5.74, 6) is -0.506. The molecule has 1 aliphatic rings. The van der Waals surface area contributed by atoms with Crippen molar-refractivity contribution in [2.24, 2.45) is 4.99 Å². The van der Waals surface area contributed by atoms with Crippen molar-refractivity contribution in [2.45, 2.75) is 24.4 Å². The second-order valence-corrected chi connectivity index (χ2v) is 10.4. The molecule has 4 aromatic rings. The third-order valence-corrected chi connectivity index (χ3v) is 7.73. The topological polar surface area (TPSA) is 77.0 Å². The van der Waals surface area contributed by atoms with Crippen LogP contribution in [0.4, 0.5) is 4.79 Å². The molecule has 40 heavy (non-hydrogen) atoms. The van der Waals surface area contributed by atoms with Gasteiger partial charge in [0.2, 0.25) is 0 Å². The third-order valence-electron chi connectivity index (χ3n) is 7.01. The van der Waals surface area contributed by atoms with Crippen LogP contribution in [0.15, 0.2) is 114 Å². The number of esters is 1. The molecule has 1 amide bonds. The van der Waals surface area contributed by atoms with Gasteiger partial charge in [-0.15, -0.1) is 0 Å². The number of rotatable bonds is 9. The van der Waals surface area contributed by atoms with E-state index in [0.717, 1.165) is 22.3 Å². The maximum absolute atomic E-state index is 13.2. The molecule has 2 atom stereocenters. The second kappa shape index (κ2) is 12.8. The first-order valence-electron chi connectivity index (χ1n) is 13.1. The summed E-state index contributed by atoms with van der Waals surface area (Å²) in [4.78, 5) is 30.5. The molecule has 0 fully saturated rings. The molecule has 5 rings (SSSR count). The normalized spacial score (nSPS) is 14.0. The number of aliphatic imine (C=N–C) groups is 1. The van der Waals surface area contributed by atoms with E-state index >= 15 is 0 Å². The minimum absolute atomic E-state index is 0.0516. The molecule has 0 saturated heterocycles. The predicted molar refractivity (Wildman–Crippen MR) is 157 cm³/mol.